The van der Waals surface area contributed by atoms with E-state index in [1.165, 1.54) is 4.90 Å². The average Bonchev–Trinajstić information content (AvgIpc) is 3.18. The summed E-state index contributed by atoms with van der Waals surface area (Å²) in [5, 5.41) is 20.6. The maximum atomic E-state index is 13.4. The summed E-state index contributed by atoms with van der Waals surface area (Å²) in [6, 6.07) is 19.9. The molecule has 1 unspecified atom stereocenters. The van der Waals surface area contributed by atoms with Gasteiger partial charge in [0.2, 0.25) is 0 Å². The Balaban J connectivity index is 1.86. The highest BCUT2D eigenvalue weighted by molar-refractivity contribution is 6.51. The third-order valence-electron chi connectivity index (χ3n) is 6.14. The van der Waals surface area contributed by atoms with Gasteiger partial charge in [-0.05, 0) is 86.0 Å². The van der Waals surface area contributed by atoms with Gasteiger partial charge in [-0.1, -0.05) is 19.1 Å². The third kappa shape index (κ3) is 5.05. The van der Waals surface area contributed by atoms with Crippen LogP contribution in [-0.4, -0.2) is 30.0 Å². The van der Waals surface area contributed by atoms with Crippen LogP contribution >= 0.6 is 0 Å². The van der Waals surface area contributed by atoms with Crippen LogP contribution in [0.4, 0.5) is 5.69 Å². The lowest BCUT2D eigenvalue weighted by Crippen LogP contribution is -2.29. The summed E-state index contributed by atoms with van der Waals surface area (Å²) < 4.78 is 11.3. The van der Waals surface area contributed by atoms with Crippen LogP contribution < -0.4 is 14.4 Å². The Bertz CT molecular complexity index is 1380. The molecular formula is C30H28N2O5. The van der Waals surface area contributed by atoms with Gasteiger partial charge in [-0.15, -0.1) is 0 Å². The molecule has 3 aromatic rings. The number of hydrogen-bond acceptors (Lipinski definition) is 6. The topological polar surface area (TPSA) is 99.9 Å². The van der Waals surface area contributed by atoms with Gasteiger partial charge in [-0.25, -0.2) is 0 Å². The molecule has 0 aromatic heterocycles. The largest absolute Gasteiger partial charge is 0.507 e. The number of nitriles is 1. The molecule has 1 fully saturated rings. The zero-order valence-corrected chi connectivity index (χ0v) is 21.0. The number of carbonyl (C=O) groups is 2. The fourth-order valence-corrected chi connectivity index (χ4v) is 4.35. The number of aryl methyl sites for hydroxylation is 1. The van der Waals surface area contributed by atoms with Crippen molar-refractivity contribution in [2.24, 2.45) is 0 Å². The summed E-state index contributed by atoms with van der Waals surface area (Å²) in [5.41, 5.74) is 2.70. The Hall–Kier alpha value is -4.57. The molecule has 1 amide bonds. The maximum Gasteiger partial charge on any atom is 0.300 e. The highest BCUT2D eigenvalue weighted by Gasteiger charge is 2.47. The molecule has 0 spiro atoms. The van der Waals surface area contributed by atoms with Crippen LogP contribution in [0, 0.1) is 18.3 Å². The van der Waals surface area contributed by atoms with Crippen molar-refractivity contribution in [3.8, 4) is 17.6 Å². The van der Waals surface area contributed by atoms with Gasteiger partial charge in [0.15, 0.2) is 0 Å². The number of anilines is 1. The number of aliphatic hydroxyl groups is 1. The molecule has 188 valence electrons. The molecule has 1 atom stereocenters. The number of rotatable bonds is 8. The second kappa shape index (κ2) is 11.0. The summed E-state index contributed by atoms with van der Waals surface area (Å²) in [6.07, 6.45) is 0.863. The Labute approximate surface area is 216 Å². The highest BCUT2D eigenvalue weighted by Crippen LogP contribution is 2.42. The van der Waals surface area contributed by atoms with Gasteiger partial charge in [0.05, 0.1) is 36.5 Å². The first-order valence-corrected chi connectivity index (χ1v) is 12.2. The Morgan fingerprint density at radius 1 is 1.00 bits per heavy atom. The van der Waals surface area contributed by atoms with E-state index in [4.69, 9.17) is 9.47 Å². The Kier molecular flexibility index (Phi) is 7.59. The first-order chi connectivity index (χ1) is 17.9. The van der Waals surface area contributed by atoms with Crippen LogP contribution in [0.25, 0.3) is 5.76 Å². The summed E-state index contributed by atoms with van der Waals surface area (Å²) in [5.74, 6) is -0.466. The summed E-state index contributed by atoms with van der Waals surface area (Å²) in [6.45, 7) is 6.82. The monoisotopic (exact) mass is 496 g/mol. The number of nitrogens with zero attached hydrogens (tertiary/aromatic N) is 2. The lowest BCUT2D eigenvalue weighted by molar-refractivity contribution is -0.132. The standard InChI is InChI=1S/C30H28N2O5/c1-4-16-37-24-13-8-21(9-14-24)27-26(28(33)22-10-15-25(36-5-2)19(3)17-22)29(34)30(35)32(27)23-11-6-20(18-31)7-12-23/h6-15,17,27,33H,4-5,16H2,1-3H3/b28-26-. The van der Waals surface area contributed by atoms with Crippen LogP contribution in [-0.2, 0) is 9.59 Å². The van der Waals surface area contributed by atoms with Crippen LogP contribution in [0.15, 0.2) is 72.3 Å². The molecule has 1 N–H and O–H groups in total. The van der Waals surface area contributed by atoms with E-state index in [1.807, 2.05) is 20.8 Å². The molecule has 3 aromatic carbocycles. The van der Waals surface area contributed by atoms with Gasteiger partial charge in [0.25, 0.3) is 11.7 Å². The van der Waals surface area contributed by atoms with Crippen LogP contribution in [0.3, 0.4) is 0 Å². The third-order valence-corrected chi connectivity index (χ3v) is 6.14. The number of aliphatic hydroxyl groups excluding tert-OH is 1. The zero-order valence-electron chi connectivity index (χ0n) is 21.0. The van der Waals surface area contributed by atoms with E-state index in [0.717, 1.165) is 12.0 Å². The molecule has 0 saturated carbocycles. The average molecular weight is 497 g/mol. The van der Waals surface area contributed by atoms with E-state index in [1.54, 1.807) is 66.7 Å². The van der Waals surface area contributed by atoms with E-state index >= 15 is 0 Å². The maximum absolute atomic E-state index is 13.4. The van der Waals surface area contributed by atoms with E-state index in [2.05, 4.69) is 6.07 Å². The number of ether oxygens (including phenoxy) is 2. The first kappa shape index (κ1) is 25.5. The Morgan fingerprint density at radius 3 is 2.30 bits per heavy atom. The summed E-state index contributed by atoms with van der Waals surface area (Å²) >= 11 is 0. The predicted octanol–water partition coefficient (Wildman–Crippen LogP) is 5.68. The predicted molar refractivity (Wildman–Crippen MR) is 141 cm³/mol. The smallest absolute Gasteiger partial charge is 0.300 e. The van der Waals surface area contributed by atoms with Crippen LogP contribution in [0.1, 0.15) is 48.6 Å². The number of Topliss-reactive ketones (excluding diaryl/α,β-unsaturated/α-hetero) is 1. The number of ketones is 1. The Morgan fingerprint density at radius 2 is 1.70 bits per heavy atom. The van der Waals surface area contributed by atoms with Crippen molar-refractivity contribution in [2.45, 2.75) is 33.2 Å². The molecule has 1 saturated heterocycles. The SMILES string of the molecule is CCCOc1ccc(C2/C(=C(/O)c3ccc(OCC)c(C)c3)C(=O)C(=O)N2c2ccc(C#N)cc2)cc1. The van der Waals surface area contributed by atoms with E-state index in [9.17, 15) is 20.0 Å². The molecule has 7 heteroatoms. The molecule has 4 rings (SSSR count). The van der Waals surface area contributed by atoms with Crippen molar-refractivity contribution in [3.63, 3.8) is 0 Å². The number of benzene rings is 3. The minimum atomic E-state index is -0.875. The first-order valence-electron chi connectivity index (χ1n) is 12.2. The van der Waals surface area contributed by atoms with E-state index in [0.29, 0.717) is 47.1 Å². The van der Waals surface area contributed by atoms with Gasteiger partial charge in [0.1, 0.15) is 17.3 Å². The van der Waals surface area contributed by atoms with Gasteiger partial charge >= 0.3 is 0 Å². The molecule has 0 bridgehead atoms. The quantitative estimate of drug-likeness (QED) is 0.245. The fourth-order valence-electron chi connectivity index (χ4n) is 4.35. The zero-order chi connectivity index (χ0) is 26.5. The number of carbonyl (C=O) groups excluding carboxylic acids is 2. The molecule has 1 aliphatic rings. The minimum absolute atomic E-state index is 0.0138. The molecule has 7 nitrogen and oxygen atoms in total. The van der Waals surface area contributed by atoms with Crippen molar-refractivity contribution >= 4 is 23.1 Å². The van der Waals surface area contributed by atoms with Crippen LogP contribution in [0.5, 0.6) is 11.5 Å². The van der Waals surface area contributed by atoms with E-state index < -0.39 is 17.7 Å². The lowest BCUT2D eigenvalue weighted by Gasteiger charge is -2.25. The van der Waals surface area contributed by atoms with Crippen LogP contribution in [0.2, 0.25) is 0 Å². The van der Waals surface area contributed by atoms with Crippen molar-refractivity contribution < 1.29 is 24.2 Å². The van der Waals surface area contributed by atoms with Gasteiger partial charge < -0.3 is 14.6 Å². The number of amides is 1. The highest BCUT2D eigenvalue weighted by atomic mass is 16.5. The molecule has 0 radical (unpaired) electrons. The molecule has 0 aliphatic carbocycles. The van der Waals surface area contributed by atoms with Gasteiger partial charge in [-0.3, -0.25) is 14.5 Å². The fraction of sp³-hybridized carbons (Fsp3) is 0.233. The van der Waals surface area contributed by atoms with Gasteiger partial charge in [0, 0.05) is 11.3 Å². The van der Waals surface area contributed by atoms with E-state index in [-0.39, 0.29) is 11.3 Å². The summed E-state index contributed by atoms with van der Waals surface area (Å²) in [7, 11) is 0. The molecule has 1 heterocycles. The van der Waals surface area contributed by atoms with Gasteiger partial charge in [-0.2, -0.15) is 5.26 Å². The summed E-state index contributed by atoms with van der Waals surface area (Å²) in [4.78, 5) is 28.0. The van der Waals surface area contributed by atoms with Crippen molar-refractivity contribution in [1.82, 2.24) is 0 Å². The number of hydrogen-bond donors (Lipinski definition) is 1. The lowest BCUT2D eigenvalue weighted by atomic mass is 9.94. The second-order valence-electron chi connectivity index (χ2n) is 8.66. The molecule has 1 aliphatic heterocycles. The normalized spacial score (nSPS) is 16.5. The van der Waals surface area contributed by atoms with Crippen molar-refractivity contribution in [1.29, 1.82) is 5.26 Å². The van der Waals surface area contributed by atoms with Crippen molar-refractivity contribution in [2.75, 3.05) is 18.1 Å². The molecule has 37 heavy (non-hydrogen) atoms. The minimum Gasteiger partial charge on any atom is -0.507 e. The second-order valence-corrected chi connectivity index (χ2v) is 8.66. The molecular weight excluding hydrogens is 468 g/mol. The van der Waals surface area contributed by atoms with Crippen molar-refractivity contribution in [3.05, 3.63) is 94.6 Å².